The largest absolute Gasteiger partial charge is 0.346 e. The molecule has 1 aliphatic rings. The summed E-state index contributed by atoms with van der Waals surface area (Å²) in [6.07, 6.45) is 2.68. The quantitative estimate of drug-likeness (QED) is 0.692. The molecule has 0 N–H and O–H groups in total. The molecule has 1 fully saturated rings. The summed E-state index contributed by atoms with van der Waals surface area (Å²) in [5, 5.41) is 3.17. The number of amides is 1. The normalized spacial score (nSPS) is 16.4. The van der Waals surface area contributed by atoms with Crippen molar-refractivity contribution in [2.75, 3.05) is 31.1 Å². The average Bonchev–Trinajstić information content (AvgIpc) is 2.92. The molecule has 26 heavy (non-hydrogen) atoms. The van der Waals surface area contributed by atoms with Crippen molar-refractivity contribution in [3.63, 3.8) is 0 Å². The lowest BCUT2D eigenvalue weighted by molar-refractivity contribution is -0.135. The molecular formula is C20H26BrN3OS. The third kappa shape index (κ3) is 4.86. The Morgan fingerprint density at radius 1 is 1.31 bits per heavy atom. The number of rotatable bonds is 5. The van der Waals surface area contributed by atoms with Crippen LogP contribution in [0.25, 0.3) is 0 Å². The fourth-order valence-electron chi connectivity index (χ4n) is 3.43. The van der Waals surface area contributed by atoms with Gasteiger partial charge in [-0.25, -0.2) is 4.98 Å². The summed E-state index contributed by atoms with van der Waals surface area (Å²) in [5.74, 6) is 0.350. The van der Waals surface area contributed by atoms with Crippen molar-refractivity contribution in [1.29, 1.82) is 0 Å². The van der Waals surface area contributed by atoms with Crippen LogP contribution in [0.1, 0.15) is 31.0 Å². The van der Waals surface area contributed by atoms with E-state index in [1.54, 1.807) is 11.3 Å². The van der Waals surface area contributed by atoms with Crippen molar-refractivity contribution in [3.8, 4) is 0 Å². The maximum absolute atomic E-state index is 13.1. The highest BCUT2D eigenvalue weighted by atomic mass is 79.9. The molecule has 1 aliphatic heterocycles. The monoisotopic (exact) mass is 435 g/mol. The Morgan fingerprint density at radius 3 is 2.85 bits per heavy atom. The maximum Gasteiger partial charge on any atom is 0.226 e. The summed E-state index contributed by atoms with van der Waals surface area (Å²) in [6.45, 7) is 7.61. The van der Waals surface area contributed by atoms with Gasteiger partial charge in [0.25, 0.3) is 0 Å². The van der Waals surface area contributed by atoms with Crippen LogP contribution in [0.3, 0.4) is 0 Å². The number of halogens is 1. The lowest BCUT2D eigenvalue weighted by atomic mass is 9.95. The molecule has 1 amide bonds. The second kappa shape index (κ2) is 9.00. The highest BCUT2D eigenvalue weighted by Crippen LogP contribution is 2.23. The number of hydrogen-bond donors (Lipinski definition) is 0. The first-order chi connectivity index (χ1) is 12.6. The third-order valence-electron chi connectivity index (χ3n) is 4.90. The van der Waals surface area contributed by atoms with Gasteiger partial charge in [0.2, 0.25) is 5.91 Å². The Kier molecular flexibility index (Phi) is 6.70. The Bertz CT molecular complexity index is 748. The molecule has 1 atom stereocenters. The predicted octanol–water partition coefficient (Wildman–Crippen LogP) is 4.52. The van der Waals surface area contributed by atoms with Crippen LogP contribution in [0.4, 0.5) is 5.13 Å². The van der Waals surface area contributed by atoms with E-state index in [2.05, 4.69) is 55.2 Å². The molecular weight excluding hydrogens is 410 g/mol. The number of thiazole rings is 1. The number of hydrogen-bond acceptors (Lipinski definition) is 4. The van der Waals surface area contributed by atoms with Gasteiger partial charge in [-0.3, -0.25) is 4.79 Å². The van der Waals surface area contributed by atoms with Gasteiger partial charge in [0, 0.05) is 41.9 Å². The van der Waals surface area contributed by atoms with Crippen molar-refractivity contribution in [2.45, 2.75) is 33.1 Å². The first-order valence-electron chi connectivity index (χ1n) is 9.27. The van der Waals surface area contributed by atoms with Crippen LogP contribution >= 0.6 is 27.3 Å². The van der Waals surface area contributed by atoms with E-state index in [9.17, 15) is 4.79 Å². The number of aryl methyl sites for hydroxylation is 1. The van der Waals surface area contributed by atoms with Crippen LogP contribution in [0.2, 0.25) is 0 Å². The Morgan fingerprint density at radius 2 is 2.15 bits per heavy atom. The summed E-state index contributed by atoms with van der Waals surface area (Å²) in [5.41, 5.74) is 2.29. The highest BCUT2D eigenvalue weighted by Gasteiger charge is 2.26. The van der Waals surface area contributed by atoms with Gasteiger partial charge in [0.15, 0.2) is 5.13 Å². The van der Waals surface area contributed by atoms with Crippen molar-refractivity contribution in [2.24, 2.45) is 5.92 Å². The fourth-order valence-corrected chi connectivity index (χ4v) is 4.73. The molecule has 0 bridgehead atoms. The maximum atomic E-state index is 13.1. The van der Waals surface area contributed by atoms with Gasteiger partial charge in [-0.15, -0.1) is 11.3 Å². The van der Waals surface area contributed by atoms with E-state index < -0.39 is 0 Å². The van der Waals surface area contributed by atoms with E-state index in [0.717, 1.165) is 60.7 Å². The molecule has 1 aromatic carbocycles. The van der Waals surface area contributed by atoms with E-state index in [4.69, 9.17) is 0 Å². The van der Waals surface area contributed by atoms with E-state index in [0.29, 0.717) is 5.91 Å². The minimum absolute atomic E-state index is 0.0537. The topological polar surface area (TPSA) is 36.4 Å². The fraction of sp³-hybridized carbons (Fsp3) is 0.500. The Hall–Kier alpha value is -1.40. The van der Waals surface area contributed by atoms with Gasteiger partial charge in [-0.1, -0.05) is 35.0 Å². The first kappa shape index (κ1) is 19.4. The third-order valence-corrected chi connectivity index (χ3v) is 6.41. The SMILES string of the molecule is CCC(Cc1cccc(Br)c1)C(=O)N1CCCN(c2nc(C)cs2)CC1. The summed E-state index contributed by atoms with van der Waals surface area (Å²) in [4.78, 5) is 22.1. The van der Waals surface area contributed by atoms with Crippen LogP contribution in [0, 0.1) is 12.8 Å². The van der Waals surface area contributed by atoms with Crippen LogP contribution in [-0.4, -0.2) is 42.0 Å². The lowest BCUT2D eigenvalue weighted by Gasteiger charge is -2.26. The molecule has 2 aromatic rings. The minimum atomic E-state index is 0.0537. The molecule has 3 rings (SSSR count). The zero-order valence-electron chi connectivity index (χ0n) is 15.4. The standard InChI is InChI=1S/C20H26BrN3OS/c1-3-17(12-16-6-4-7-18(21)13-16)19(25)23-8-5-9-24(11-10-23)20-22-15(2)14-26-20/h4,6-7,13-14,17H,3,5,8-12H2,1-2H3. The van der Waals surface area contributed by atoms with Gasteiger partial charge < -0.3 is 9.80 Å². The molecule has 1 saturated heterocycles. The molecule has 0 radical (unpaired) electrons. The van der Waals surface area contributed by atoms with Gasteiger partial charge in [-0.05, 0) is 43.9 Å². The van der Waals surface area contributed by atoms with Gasteiger partial charge >= 0.3 is 0 Å². The second-order valence-electron chi connectivity index (χ2n) is 6.88. The molecule has 0 saturated carbocycles. The van der Waals surface area contributed by atoms with Gasteiger partial charge in [-0.2, -0.15) is 0 Å². The summed E-state index contributed by atoms with van der Waals surface area (Å²) in [7, 11) is 0. The Balaban J connectivity index is 1.62. The van der Waals surface area contributed by atoms with E-state index in [1.165, 1.54) is 5.56 Å². The smallest absolute Gasteiger partial charge is 0.226 e. The molecule has 0 aliphatic carbocycles. The number of nitrogens with zero attached hydrogens (tertiary/aromatic N) is 3. The average molecular weight is 436 g/mol. The number of anilines is 1. The van der Waals surface area contributed by atoms with Crippen LogP contribution in [0.15, 0.2) is 34.1 Å². The van der Waals surface area contributed by atoms with E-state index >= 15 is 0 Å². The van der Waals surface area contributed by atoms with Crippen molar-refractivity contribution in [1.82, 2.24) is 9.88 Å². The summed E-state index contributed by atoms with van der Waals surface area (Å²) in [6, 6.07) is 8.28. The number of carbonyl (C=O) groups excluding carboxylic acids is 1. The Labute approximate surface area is 168 Å². The van der Waals surface area contributed by atoms with E-state index in [1.807, 2.05) is 19.1 Å². The number of benzene rings is 1. The summed E-state index contributed by atoms with van der Waals surface area (Å²) < 4.78 is 1.07. The zero-order chi connectivity index (χ0) is 18.5. The van der Waals surface area contributed by atoms with Gasteiger partial charge in [0.05, 0.1) is 5.69 Å². The lowest BCUT2D eigenvalue weighted by Crippen LogP contribution is -2.39. The van der Waals surface area contributed by atoms with Crippen molar-refractivity contribution >= 4 is 38.3 Å². The predicted molar refractivity (Wildman–Crippen MR) is 112 cm³/mol. The van der Waals surface area contributed by atoms with Crippen molar-refractivity contribution < 1.29 is 4.79 Å². The second-order valence-corrected chi connectivity index (χ2v) is 8.63. The first-order valence-corrected chi connectivity index (χ1v) is 10.9. The summed E-state index contributed by atoms with van der Waals surface area (Å²) >= 11 is 5.22. The molecule has 1 aromatic heterocycles. The molecule has 2 heterocycles. The van der Waals surface area contributed by atoms with Crippen LogP contribution in [0.5, 0.6) is 0 Å². The number of carbonyl (C=O) groups is 1. The highest BCUT2D eigenvalue weighted by molar-refractivity contribution is 9.10. The van der Waals surface area contributed by atoms with Crippen LogP contribution in [-0.2, 0) is 11.2 Å². The molecule has 6 heteroatoms. The van der Waals surface area contributed by atoms with Gasteiger partial charge in [0.1, 0.15) is 0 Å². The number of aromatic nitrogens is 1. The van der Waals surface area contributed by atoms with Crippen LogP contribution < -0.4 is 4.90 Å². The zero-order valence-corrected chi connectivity index (χ0v) is 17.9. The molecule has 1 unspecified atom stereocenters. The molecule has 4 nitrogen and oxygen atoms in total. The van der Waals surface area contributed by atoms with Crippen molar-refractivity contribution in [3.05, 3.63) is 45.4 Å². The molecule has 140 valence electrons. The molecule has 0 spiro atoms. The van der Waals surface area contributed by atoms with E-state index in [-0.39, 0.29) is 5.92 Å². The minimum Gasteiger partial charge on any atom is -0.346 e.